The second kappa shape index (κ2) is 6.63. The number of nitrogens with zero attached hydrogens (tertiary/aromatic N) is 1. The maximum atomic E-state index is 9.41. The molecule has 0 aliphatic rings. The van der Waals surface area contributed by atoms with Crippen LogP contribution >= 0.6 is 0 Å². The van der Waals surface area contributed by atoms with E-state index in [1.807, 2.05) is 48.5 Å². The van der Waals surface area contributed by atoms with Crippen LogP contribution in [0.3, 0.4) is 0 Å². The van der Waals surface area contributed by atoms with E-state index in [0.717, 1.165) is 11.1 Å². The van der Waals surface area contributed by atoms with Gasteiger partial charge in [0.05, 0.1) is 26.2 Å². The Morgan fingerprint density at radius 1 is 1.00 bits per heavy atom. The van der Waals surface area contributed by atoms with Gasteiger partial charge in [-0.15, -0.1) is 0 Å². The average molecular weight is 267 g/mol. The molecule has 0 saturated carbocycles. The maximum Gasteiger partial charge on any atom is 0.161 e. The number of benzene rings is 2. The summed E-state index contributed by atoms with van der Waals surface area (Å²) < 4.78 is 10.5. The van der Waals surface area contributed by atoms with Crippen LogP contribution in [0.15, 0.2) is 48.5 Å². The Balaban J connectivity index is 2.26. The predicted molar refractivity (Wildman–Crippen MR) is 78.0 cm³/mol. The standard InChI is InChI=1S/C17H17NO2/c1-19-16-9-8-14(11-17(16)20-2)15(12-18)10-13-6-4-3-5-7-13/h3-9,11,15H,10H2,1-2H3. The molecule has 2 aromatic rings. The van der Waals surface area contributed by atoms with Crippen LogP contribution in [-0.4, -0.2) is 14.2 Å². The summed E-state index contributed by atoms with van der Waals surface area (Å²) in [5.41, 5.74) is 2.09. The van der Waals surface area contributed by atoms with Crippen LogP contribution in [0, 0.1) is 11.3 Å². The molecule has 102 valence electrons. The zero-order valence-corrected chi connectivity index (χ0v) is 11.7. The van der Waals surface area contributed by atoms with Crippen LogP contribution in [0.5, 0.6) is 11.5 Å². The minimum absolute atomic E-state index is 0.197. The Bertz CT molecular complexity index is 602. The summed E-state index contributed by atoms with van der Waals surface area (Å²) in [5, 5.41) is 9.41. The fourth-order valence-corrected chi connectivity index (χ4v) is 2.16. The third-order valence-corrected chi connectivity index (χ3v) is 3.25. The topological polar surface area (TPSA) is 42.2 Å². The fraction of sp³-hybridized carbons (Fsp3) is 0.235. The maximum absolute atomic E-state index is 9.41. The SMILES string of the molecule is COc1ccc(C(C#N)Cc2ccccc2)cc1OC. The van der Waals surface area contributed by atoms with Gasteiger partial charge >= 0.3 is 0 Å². The number of hydrogen-bond donors (Lipinski definition) is 0. The molecule has 0 saturated heterocycles. The van der Waals surface area contributed by atoms with Crippen LogP contribution in [0.2, 0.25) is 0 Å². The van der Waals surface area contributed by atoms with Gasteiger partial charge in [-0.3, -0.25) is 0 Å². The minimum Gasteiger partial charge on any atom is -0.493 e. The first-order chi connectivity index (χ1) is 9.78. The van der Waals surface area contributed by atoms with Crippen molar-refractivity contribution < 1.29 is 9.47 Å². The molecule has 0 aliphatic heterocycles. The molecule has 0 bridgehead atoms. The Morgan fingerprint density at radius 3 is 2.30 bits per heavy atom. The molecule has 0 N–H and O–H groups in total. The van der Waals surface area contributed by atoms with Crippen molar-refractivity contribution in [2.45, 2.75) is 12.3 Å². The third-order valence-electron chi connectivity index (χ3n) is 3.25. The first-order valence-electron chi connectivity index (χ1n) is 6.44. The summed E-state index contributed by atoms with van der Waals surface area (Å²) in [5.74, 6) is 1.13. The van der Waals surface area contributed by atoms with Gasteiger partial charge in [0, 0.05) is 0 Å². The fourth-order valence-electron chi connectivity index (χ4n) is 2.16. The molecule has 2 aromatic carbocycles. The molecule has 3 heteroatoms. The molecule has 2 rings (SSSR count). The summed E-state index contributed by atoms with van der Waals surface area (Å²) in [6.07, 6.45) is 0.687. The zero-order chi connectivity index (χ0) is 14.4. The van der Waals surface area contributed by atoms with Crippen LogP contribution in [0.25, 0.3) is 0 Å². The second-order valence-corrected chi connectivity index (χ2v) is 4.49. The molecule has 0 aromatic heterocycles. The van der Waals surface area contributed by atoms with Gasteiger partial charge in [-0.05, 0) is 29.7 Å². The highest BCUT2D eigenvalue weighted by Gasteiger charge is 2.14. The van der Waals surface area contributed by atoms with Gasteiger partial charge in [-0.1, -0.05) is 36.4 Å². The molecule has 20 heavy (non-hydrogen) atoms. The Labute approximate surface area is 119 Å². The van der Waals surface area contributed by atoms with Gasteiger partial charge in [0.15, 0.2) is 11.5 Å². The highest BCUT2D eigenvalue weighted by molar-refractivity contribution is 5.45. The van der Waals surface area contributed by atoms with Gasteiger partial charge < -0.3 is 9.47 Å². The van der Waals surface area contributed by atoms with E-state index >= 15 is 0 Å². The molecule has 3 nitrogen and oxygen atoms in total. The van der Waals surface area contributed by atoms with E-state index in [0.29, 0.717) is 17.9 Å². The molecule has 0 radical (unpaired) electrons. The monoisotopic (exact) mass is 267 g/mol. The Kier molecular flexibility index (Phi) is 4.62. The summed E-state index contributed by atoms with van der Waals surface area (Å²) in [7, 11) is 3.20. The van der Waals surface area contributed by atoms with E-state index < -0.39 is 0 Å². The first kappa shape index (κ1) is 14.0. The summed E-state index contributed by atoms with van der Waals surface area (Å²) >= 11 is 0. The van der Waals surface area contributed by atoms with Crippen molar-refractivity contribution >= 4 is 0 Å². The average Bonchev–Trinajstić information content (AvgIpc) is 2.53. The molecule has 0 spiro atoms. The lowest BCUT2D eigenvalue weighted by molar-refractivity contribution is 0.354. The van der Waals surface area contributed by atoms with Crippen molar-refractivity contribution in [3.8, 4) is 17.6 Å². The number of rotatable bonds is 5. The van der Waals surface area contributed by atoms with Crippen molar-refractivity contribution in [2.75, 3.05) is 14.2 Å². The lowest BCUT2D eigenvalue weighted by Gasteiger charge is -2.13. The summed E-state index contributed by atoms with van der Waals surface area (Å²) in [6.45, 7) is 0. The van der Waals surface area contributed by atoms with Gasteiger partial charge in [-0.25, -0.2) is 0 Å². The number of hydrogen-bond acceptors (Lipinski definition) is 3. The highest BCUT2D eigenvalue weighted by atomic mass is 16.5. The second-order valence-electron chi connectivity index (χ2n) is 4.49. The van der Waals surface area contributed by atoms with Crippen molar-refractivity contribution in [1.82, 2.24) is 0 Å². The summed E-state index contributed by atoms with van der Waals surface area (Å²) in [6, 6.07) is 18.0. The first-order valence-corrected chi connectivity index (χ1v) is 6.44. The van der Waals surface area contributed by atoms with Crippen molar-refractivity contribution in [3.63, 3.8) is 0 Å². The number of ether oxygens (including phenoxy) is 2. The molecule has 1 unspecified atom stereocenters. The van der Waals surface area contributed by atoms with E-state index in [-0.39, 0.29) is 5.92 Å². The van der Waals surface area contributed by atoms with Gasteiger partial charge in [0.2, 0.25) is 0 Å². The Hall–Kier alpha value is -2.47. The molecule has 1 atom stereocenters. The lowest BCUT2D eigenvalue weighted by Crippen LogP contribution is -2.01. The van der Waals surface area contributed by atoms with Gasteiger partial charge in [0.1, 0.15) is 0 Å². The van der Waals surface area contributed by atoms with Crippen molar-refractivity contribution in [1.29, 1.82) is 5.26 Å². The Morgan fingerprint density at radius 2 is 1.70 bits per heavy atom. The van der Waals surface area contributed by atoms with Crippen LogP contribution < -0.4 is 9.47 Å². The van der Waals surface area contributed by atoms with Crippen LogP contribution in [-0.2, 0) is 6.42 Å². The van der Waals surface area contributed by atoms with Crippen molar-refractivity contribution in [2.24, 2.45) is 0 Å². The molecular weight excluding hydrogens is 250 g/mol. The predicted octanol–water partition coefficient (Wildman–Crippen LogP) is 3.55. The van der Waals surface area contributed by atoms with E-state index in [1.165, 1.54) is 0 Å². The van der Waals surface area contributed by atoms with Gasteiger partial charge in [-0.2, -0.15) is 5.26 Å². The zero-order valence-electron chi connectivity index (χ0n) is 11.7. The van der Waals surface area contributed by atoms with E-state index in [2.05, 4.69) is 6.07 Å². The molecule has 0 amide bonds. The molecule has 0 fully saturated rings. The third kappa shape index (κ3) is 3.10. The van der Waals surface area contributed by atoms with E-state index in [9.17, 15) is 5.26 Å². The minimum atomic E-state index is -0.197. The summed E-state index contributed by atoms with van der Waals surface area (Å²) in [4.78, 5) is 0. The largest absolute Gasteiger partial charge is 0.493 e. The molecule has 0 aliphatic carbocycles. The number of nitriles is 1. The smallest absolute Gasteiger partial charge is 0.161 e. The lowest BCUT2D eigenvalue weighted by atomic mass is 9.93. The van der Waals surface area contributed by atoms with Crippen LogP contribution in [0.1, 0.15) is 17.0 Å². The quantitative estimate of drug-likeness (QED) is 0.832. The van der Waals surface area contributed by atoms with Crippen molar-refractivity contribution in [3.05, 3.63) is 59.7 Å². The molecular formula is C17H17NO2. The van der Waals surface area contributed by atoms with Crippen LogP contribution in [0.4, 0.5) is 0 Å². The highest BCUT2D eigenvalue weighted by Crippen LogP contribution is 2.31. The number of methoxy groups -OCH3 is 2. The molecule has 0 heterocycles. The van der Waals surface area contributed by atoms with E-state index in [4.69, 9.17) is 9.47 Å². The normalized spacial score (nSPS) is 11.4. The van der Waals surface area contributed by atoms with E-state index in [1.54, 1.807) is 14.2 Å². The van der Waals surface area contributed by atoms with Gasteiger partial charge in [0.25, 0.3) is 0 Å².